The van der Waals surface area contributed by atoms with Gasteiger partial charge in [-0.3, -0.25) is 4.79 Å². The lowest BCUT2D eigenvalue weighted by molar-refractivity contribution is 0.0951. The van der Waals surface area contributed by atoms with Crippen LogP contribution in [0, 0.1) is 0 Å². The number of aromatic nitrogens is 1. The summed E-state index contributed by atoms with van der Waals surface area (Å²) < 4.78 is 4.94. The lowest BCUT2D eigenvalue weighted by Gasteiger charge is -2.06. The topological polar surface area (TPSA) is 77.2 Å². The van der Waals surface area contributed by atoms with Gasteiger partial charge in [0.05, 0.1) is 7.11 Å². The van der Waals surface area contributed by atoms with Gasteiger partial charge in [0, 0.05) is 19.3 Å². The van der Waals surface area contributed by atoms with Crippen LogP contribution < -0.4 is 15.8 Å². The molecule has 0 aliphatic carbocycles. The molecule has 0 aliphatic rings. The van der Waals surface area contributed by atoms with Gasteiger partial charge in [0.2, 0.25) is 5.88 Å². The monoisotopic (exact) mass is 195 g/mol. The number of nitrogens with one attached hydrogen (secondary N) is 1. The predicted molar refractivity (Wildman–Crippen MR) is 52.2 cm³/mol. The van der Waals surface area contributed by atoms with Crippen LogP contribution in [0.3, 0.4) is 0 Å². The lowest BCUT2D eigenvalue weighted by atomic mass is 10.2. The van der Waals surface area contributed by atoms with Gasteiger partial charge >= 0.3 is 0 Å². The van der Waals surface area contributed by atoms with Crippen LogP contribution in [0.25, 0.3) is 0 Å². The number of carbonyl (C=O) groups is 1. The summed E-state index contributed by atoms with van der Waals surface area (Å²) in [6.07, 6.45) is 1.57. The summed E-state index contributed by atoms with van der Waals surface area (Å²) in [5, 5.41) is 2.64. The number of hydrogen-bond donors (Lipinski definition) is 2. The highest BCUT2D eigenvalue weighted by Crippen LogP contribution is 2.12. The van der Waals surface area contributed by atoms with Crippen molar-refractivity contribution in [3.8, 4) is 5.88 Å². The van der Waals surface area contributed by atoms with Crippen molar-refractivity contribution in [3.05, 3.63) is 23.9 Å². The highest BCUT2D eigenvalue weighted by atomic mass is 16.5. The Hall–Kier alpha value is -1.62. The Labute approximate surface area is 82.3 Å². The number of ether oxygens (including phenoxy) is 1. The molecule has 1 rings (SSSR count). The number of rotatable bonds is 4. The van der Waals surface area contributed by atoms with Crippen molar-refractivity contribution in [2.24, 2.45) is 5.73 Å². The average molecular weight is 195 g/mol. The third-order valence-electron chi connectivity index (χ3n) is 1.64. The summed E-state index contributed by atoms with van der Waals surface area (Å²) in [7, 11) is 1.47. The van der Waals surface area contributed by atoms with Crippen molar-refractivity contribution in [1.29, 1.82) is 0 Å². The molecule has 0 saturated carbocycles. The number of pyridine rings is 1. The third kappa shape index (κ3) is 2.43. The molecule has 1 aromatic heterocycles. The quantitative estimate of drug-likeness (QED) is 0.696. The van der Waals surface area contributed by atoms with Crippen molar-refractivity contribution in [1.82, 2.24) is 10.3 Å². The first-order valence-electron chi connectivity index (χ1n) is 4.27. The Morgan fingerprint density at radius 3 is 3.14 bits per heavy atom. The second-order valence-electron chi connectivity index (χ2n) is 2.60. The Kier molecular flexibility index (Phi) is 3.87. The molecule has 0 fully saturated rings. The molecule has 14 heavy (non-hydrogen) atoms. The molecule has 1 heterocycles. The maximum atomic E-state index is 11.5. The lowest BCUT2D eigenvalue weighted by Crippen LogP contribution is -2.29. The zero-order valence-corrected chi connectivity index (χ0v) is 7.99. The summed E-state index contributed by atoms with van der Waals surface area (Å²) in [5.74, 6) is 0.0995. The average Bonchev–Trinajstić information content (AvgIpc) is 2.25. The SMILES string of the molecule is COc1ncccc1C(=O)NCCN. The summed E-state index contributed by atoms with van der Waals surface area (Å²) in [6.45, 7) is 0.852. The molecular formula is C9H13N3O2. The van der Waals surface area contributed by atoms with Crippen molar-refractivity contribution in [2.45, 2.75) is 0 Å². The van der Waals surface area contributed by atoms with Crippen LogP contribution in [-0.4, -0.2) is 31.1 Å². The molecule has 5 heteroatoms. The molecule has 5 nitrogen and oxygen atoms in total. The Balaban J connectivity index is 2.78. The summed E-state index contributed by atoms with van der Waals surface area (Å²) in [6, 6.07) is 3.33. The smallest absolute Gasteiger partial charge is 0.256 e. The van der Waals surface area contributed by atoms with E-state index in [1.54, 1.807) is 18.3 Å². The van der Waals surface area contributed by atoms with Gasteiger partial charge in [-0.1, -0.05) is 0 Å². The minimum atomic E-state index is -0.222. The van der Waals surface area contributed by atoms with Crippen LogP contribution in [-0.2, 0) is 0 Å². The number of amides is 1. The number of nitrogens with two attached hydrogens (primary N) is 1. The minimum absolute atomic E-state index is 0.222. The molecule has 0 aromatic carbocycles. The molecule has 0 aliphatic heterocycles. The molecule has 0 bridgehead atoms. The van der Waals surface area contributed by atoms with Crippen LogP contribution in [0.4, 0.5) is 0 Å². The molecule has 0 spiro atoms. The molecule has 1 aromatic rings. The number of methoxy groups -OCH3 is 1. The largest absolute Gasteiger partial charge is 0.480 e. The fourth-order valence-electron chi connectivity index (χ4n) is 1.01. The first-order valence-corrected chi connectivity index (χ1v) is 4.27. The molecule has 0 saturated heterocycles. The van der Waals surface area contributed by atoms with E-state index in [1.165, 1.54) is 7.11 Å². The first kappa shape index (κ1) is 10.5. The number of nitrogens with zero attached hydrogens (tertiary/aromatic N) is 1. The van der Waals surface area contributed by atoms with E-state index in [-0.39, 0.29) is 5.91 Å². The Bertz CT molecular complexity index is 315. The van der Waals surface area contributed by atoms with E-state index >= 15 is 0 Å². The molecule has 76 valence electrons. The highest BCUT2D eigenvalue weighted by molar-refractivity contribution is 5.96. The van der Waals surface area contributed by atoms with Crippen molar-refractivity contribution in [2.75, 3.05) is 20.2 Å². The van der Waals surface area contributed by atoms with E-state index in [2.05, 4.69) is 10.3 Å². The molecule has 1 amide bonds. The van der Waals surface area contributed by atoms with Crippen LogP contribution in [0.2, 0.25) is 0 Å². The molecule has 0 unspecified atom stereocenters. The van der Waals surface area contributed by atoms with Crippen LogP contribution in [0.15, 0.2) is 18.3 Å². The van der Waals surface area contributed by atoms with E-state index in [0.717, 1.165) is 0 Å². The van der Waals surface area contributed by atoms with Crippen molar-refractivity contribution < 1.29 is 9.53 Å². The second kappa shape index (κ2) is 5.18. The maximum Gasteiger partial charge on any atom is 0.256 e. The van der Waals surface area contributed by atoms with Crippen molar-refractivity contribution >= 4 is 5.91 Å². The van der Waals surface area contributed by atoms with Crippen LogP contribution in [0.5, 0.6) is 5.88 Å². The molecular weight excluding hydrogens is 182 g/mol. The van der Waals surface area contributed by atoms with Gasteiger partial charge < -0.3 is 15.8 Å². The fraction of sp³-hybridized carbons (Fsp3) is 0.333. The summed E-state index contributed by atoms with van der Waals surface area (Å²) in [5.41, 5.74) is 5.68. The van der Waals surface area contributed by atoms with Gasteiger partial charge in [0.15, 0.2) is 0 Å². The summed E-state index contributed by atoms with van der Waals surface area (Å²) in [4.78, 5) is 15.4. The van der Waals surface area contributed by atoms with E-state index in [0.29, 0.717) is 24.5 Å². The maximum absolute atomic E-state index is 11.5. The van der Waals surface area contributed by atoms with Gasteiger partial charge in [0.1, 0.15) is 5.56 Å². The zero-order chi connectivity index (χ0) is 10.4. The van der Waals surface area contributed by atoms with Crippen LogP contribution in [0.1, 0.15) is 10.4 Å². The highest BCUT2D eigenvalue weighted by Gasteiger charge is 2.11. The van der Waals surface area contributed by atoms with Crippen molar-refractivity contribution in [3.63, 3.8) is 0 Å². The predicted octanol–water partition coefficient (Wildman–Crippen LogP) is -0.221. The van der Waals surface area contributed by atoms with E-state index in [4.69, 9.17) is 10.5 Å². The van der Waals surface area contributed by atoms with Gasteiger partial charge in [0.25, 0.3) is 5.91 Å². The van der Waals surface area contributed by atoms with Crippen LogP contribution >= 0.6 is 0 Å². The van der Waals surface area contributed by atoms with E-state index in [9.17, 15) is 4.79 Å². The molecule has 0 radical (unpaired) electrons. The fourth-order valence-corrected chi connectivity index (χ4v) is 1.01. The van der Waals surface area contributed by atoms with Gasteiger partial charge in [-0.25, -0.2) is 4.98 Å². The van der Waals surface area contributed by atoms with Gasteiger partial charge in [-0.2, -0.15) is 0 Å². The standard InChI is InChI=1S/C9H13N3O2/c1-14-9-7(3-2-5-12-9)8(13)11-6-4-10/h2-3,5H,4,6,10H2,1H3,(H,11,13). The molecule has 3 N–H and O–H groups in total. The van der Waals surface area contributed by atoms with E-state index < -0.39 is 0 Å². The van der Waals surface area contributed by atoms with E-state index in [1.807, 2.05) is 0 Å². The van der Waals surface area contributed by atoms with Gasteiger partial charge in [-0.05, 0) is 12.1 Å². The number of hydrogen-bond acceptors (Lipinski definition) is 4. The second-order valence-corrected chi connectivity index (χ2v) is 2.60. The Morgan fingerprint density at radius 2 is 2.50 bits per heavy atom. The third-order valence-corrected chi connectivity index (χ3v) is 1.64. The minimum Gasteiger partial charge on any atom is -0.480 e. The molecule has 0 atom stereocenters. The Morgan fingerprint density at radius 1 is 1.71 bits per heavy atom. The zero-order valence-electron chi connectivity index (χ0n) is 7.99. The summed E-state index contributed by atoms with van der Waals surface area (Å²) >= 11 is 0. The normalized spacial score (nSPS) is 9.57. The number of carbonyl (C=O) groups excluding carboxylic acids is 1. The first-order chi connectivity index (χ1) is 6.79. The van der Waals surface area contributed by atoms with Gasteiger partial charge in [-0.15, -0.1) is 0 Å².